The number of halogens is 4. The minimum Gasteiger partial charge on any atom is -0.299 e. The minimum atomic E-state index is -4.71. The molecule has 0 aromatic heterocycles. The van der Waals surface area contributed by atoms with E-state index in [1.165, 1.54) is 23.3 Å². The van der Waals surface area contributed by atoms with Crippen LogP contribution in [-0.2, 0) is 29.2 Å². The van der Waals surface area contributed by atoms with Crippen molar-refractivity contribution in [1.82, 2.24) is 9.62 Å². The van der Waals surface area contributed by atoms with E-state index in [0.29, 0.717) is 6.42 Å². The Labute approximate surface area is 181 Å². The van der Waals surface area contributed by atoms with E-state index in [-0.39, 0.29) is 19.0 Å². The van der Waals surface area contributed by atoms with Gasteiger partial charge in [0.1, 0.15) is 0 Å². The van der Waals surface area contributed by atoms with Gasteiger partial charge in [-0.25, -0.2) is 13.1 Å². The van der Waals surface area contributed by atoms with Gasteiger partial charge in [-0.1, -0.05) is 42.8 Å². The van der Waals surface area contributed by atoms with Crippen molar-refractivity contribution in [3.8, 4) is 0 Å². The Balaban J connectivity index is 0.00000320. The minimum absolute atomic E-state index is 0. The van der Waals surface area contributed by atoms with Gasteiger partial charge in [-0.15, -0.1) is 12.4 Å². The molecule has 30 heavy (non-hydrogen) atoms. The molecule has 0 saturated heterocycles. The van der Waals surface area contributed by atoms with Crippen molar-refractivity contribution in [3.05, 3.63) is 65.2 Å². The zero-order valence-electron chi connectivity index (χ0n) is 16.5. The predicted octanol–water partition coefficient (Wildman–Crippen LogP) is 4.63. The number of hydrogen-bond donors (Lipinski definition) is 1. The second-order valence-electron chi connectivity index (χ2n) is 7.25. The molecule has 0 bridgehead atoms. The van der Waals surface area contributed by atoms with E-state index in [2.05, 4.69) is 27.8 Å². The summed E-state index contributed by atoms with van der Waals surface area (Å²) in [5.74, 6) is 0. The van der Waals surface area contributed by atoms with Gasteiger partial charge in [0.2, 0.25) is 10.0 Å². The van der Waals surface area contributed by atoms with Gasteiger partial charge in [0.05, 0.1) is 10.5 Å². The van der Waals surface area contributed by atoms with Crippen LogP contribution in [0.25, 0.3) is 0 Å². The van der Waals surface area contributed by atoms with Crippen LogP contribution in [0.2, 0.25) is 0 Å². The Bertz CT molecular complexity index is 936. The average molecular weight is 463 g/mol. The standard InChI is InChI=1S/C21H25F3N2O2S.ClH/c22-21(23,24)19-10-4-5-11-20(19)29(27,28)25-13-6-1-7-14-26-15-12-17-8-2-3-9-18(17)16-26;/h2-5,8-11,25H,1,6-7,12-16H2;1H. The van der Waals surface area contributed by atoms with E-state index in [0.717, 1.165) is 51.0 Å². The molecule has 0 spiro atoms. The van der Waals surface area contributed by atoms with Gasteiger partial charge in [-0.2, -0.15) is 13.2 Å². The lowest BCUT2D eigenvalue weighted by atomic mass is 10.00. The molecular formula is C21H26ClF3N2O2S. The maximum absolute atomic E-state index is 13.0. The van der Waals surface area contributed by atoms with Crippen LogP contribution in [0.4, 0.5) is 13.2 Å². The first kappa shape index (κ1) is 24.7. The normalized spacial score (nSPS) is 14.8. The van der Waals surface area contributed by atoms with E-state index in [1.54, 1.807) is 0 Å². The molecule has 166 valence electrons. The van der Waals surface area contributed by atoms with Crippen molar-refractivity contribution in [2.24, 2.45) is 0 Å². The zero-order chi connectivity index (χ0) is 20.9. The number of fused-ring (bicyclic) bond motifs is 1. The van der Waals surface area contributed by atoms with E-state index in [9.17, 15) is 21.6 Å². The molecular weight excluding hydrogens is 437 g/mol. The van der Waals surface area contributed by atoms with Crippen molar-refractivity contribution < 1.29 is 21.6 Å². The molecule has 3 rings (SSSR count). The molecule has 0 atom stereocenters. The molecule has 0 fully saturated rings. The second kappa shape index (κ2) is 10.6. The van der Waals surface area contributed by atoms with Gasteiger partial charge in [-0.3, -0.25) is 4.90 Å². The van der Waals surface area contributed by atoms with E-state index >= 15 is 0 Å². The smallest absolute Gasteiger partial charge is 0.299 e. The monoisotopic (exact) mass is 462 g/mol. The van der Waals surface area contributed by atoms with Crippen LogP contribution in [0.5, 0.6) is 0 Å². The highest BCUT2D eigenvalue weighted by molar-refractivity contribution is 7.89. The summed E-state index contributed by atoms with van der Waals surface area (Å²) in [6.45, 7) is 2.99. The van der Waals surface area contributed by atoms with Crippen molar-refractivity contribution in [1.29, 1.82) is 0 Å². The van der Waals surface area contributed by atoms with Gasteiger partial charge >= 0.3 is 6.18 Å². The average Bonchev–Trinajstić information content (AvgIpc) is 2.70. The highest BCUT2D eigenvalue weighted by Crippen LogP contribution is 2.33. The van der Waals surface area contributed by atoms with Crippen LogP contribution in [0, 0.1) is 0 Å². The fourth-order valence-corrected chi connectivity index (χ4v) is 4.90. The number of benzene rings is 2. The fraction of sp³-hybridized carbons (Fsp3) is 0.429. The molecule has 2 aromatic rings. The first-order chi connectivity index (χ1) is 13.8. The molecule has 0 amide bonds. The summed E-state index contributed by atoms with van der Waals surface area (Å²) in [5.41, 5.74) is 1.62. The summed E-state index contributed by atoms with van der Waals surface area (Å²) >= 11 is 0. The number of hydrogen-bond acceptors (Lipinski definition) is 3. The van der Waals surface area contributed by atoms with Crippen LogP contribution < -0.4 is 4.72 Å². The SMILES string of the molecule is Cl.O=S(=O)(NCCCCCN1CCc2ccccc2C1)c1ccccc1C(F)(F)F. The van der Waals surface area contributed by atoms with Crippen molar-refractivity contribution >= 4 is 22.4 Å². The Morgan fingerprint density at radius 1 is 0.933 bits per heavy atom. The molecule has 0 saturated carbocycles. The summed E-state index contributed by atoms with van der Waals surface area (Å²) in [6, 6.07) is 12.7. The van der Waals surface area contributed by atoms with Gasteiger partial charge in [0.25, 0.3) is 0 Å². The summed E-state index contributed by atoms with van der Waals surface area (Å²) in [4.78, 5) is 1.66. The molecule has 0 radical (unpaired) electrons. The van der Waals surface area contributed by atoms with Gasteiger partial charge in [0, 0.05) is 19.6 Å². The Morgan fingerprint density at radius 2 is 1.60 bits per heavy atom. The number of unbranched alkanes of at least 4 members (excludes halogenated alkanes) is 2. The predicted molar refractivity (Wildman–Crippen MR) is 113 cm³/mol. The number of alkyl halides is 3. The molecule has 1 heterocycles. The third-order valence-corrected chi connectivity index (χ3v) is 6.65. The molecule has 2 aromatic carbocycles. The third kappa shape index (κ3) is 6.44. The first-order valence-electron chi connectivity index (χ1n) is 9.72. The Kier molecular flexibility index (Phi) is 8.73. The van der Waals surface area contributed by atoms with Crippen molar-refractivity contribution in [3.63, 3.8) is 0 Å². The molecule has 4 nitrogen and oxygen atoms in total. The summed E-state index contributed by atoms with van der Waals surface area (Å²) in [7, 11) is -4.20. The lowest BCUT2D eigenvalue weighted by Crippen LogP contribution is -2.31. The summed E-state index contributed by atoms with van der Waals surface area (Å²) < 4.78 is 66.0. The van der Waals surface area contributed by atoms with Crippen LogP contribution in [0.15, 0.2) is 53.4 Å². The Hall–Kier alpha value is -1.61. The quantitative estimate of drug-likeness (QED) is 0.582. The maximum Gasteiger partial charge on any atom is 0.417 e. The Morgan fingerprint density at radius 3 is 2.33 bits per heavy atom. The summed E-state index contributed by atoms with van der Waals surface area (Å²) in [6.07, 6.45) is -1.37. The third-order valence-electron chi connectivity index (χ3n) is 5.13. The maximum atomic E-state index is 13.0. The molecule has 1 aliphatic heterocycles. The lowest BCUT2D eigenvalue weighted by molar-refractivity contribution is -0.139. The zero-order valence-corrected chi connectivity index (χ0v) is 18.1. The van der Waals surface area contributed by atoms with Gasteiger partial charge < -0.3 is 0 Å². The number of nitrogens with one attached hydrogen (secondary N) is 1. The number of sulfonamides is 1. The molecule has 1 N–H and O–H groups in total. The lowest BCUT2D eigenvalue weighted by Gasteiger charge is -2.28. The second-order valence-corrected chi connectivity index (χ2v) is 8.98. The number of rotatable bonds is 8. The molecule has 0 aliphatic carbocycles. The highest BCUT2D eigenvalue weighted by atomic mass is 35.5. The number of nitrogens with zero attached hydrogens (tertiary/aromatic N) is 1. The molecule has 0 unspecified atom stereocenters. The largest absolute Gasteiger partial charge is 0.417 e. The molecule has 9 heteroatoms. The van der Waals surface area contributed by atoms with Gasteiger partial charge in [-0.05, 0) is 49.1 Å². The fourth-order valence-electron chi connectivity index (χ4n) is 3.60. The van der Waals surface area contributed by atoms with E-state index in [1.807, 2.05) is 6.07 Å². The summed E-state index contributed by atoms with van der Waals surface area (Å²) in [5, 5.41) is 0. The van der Waals surface area contributed by atoms with Gasteiger partial charge in [0.15, 0.2) is 0 Å². The van der Waals surface area contributed by atoms with E-state index < -0.39 is 26.7 Å². The van der Waals surface area contributed by atoms with Crippen LogP contribution in [0.1, 0.15) is 36.0 Å². The topological polar surface area (TPSA) is 49.4 Å². The van der Waals surface area contributed by atoms with Crippen LogP contribution >= 0.6 is 12.4 Å². The van der Waals surface area contributed by atoms with Crippen molar-refractivity contribution in [2.45, 2.75) is 43.3 Å². The molecule has 1 aliphatic rings. The first-order valence-corrected chi connectivity index (χ1v) is 11.2. The highest BCUT2D eigenvalue weighted by Gasteiger charge is 2.36. The van der Waals surface area contributed by atoms with Crippen LogP contribution in [0.3, 0.4) is 0 Å². The van der Waals surface area contributed by atoms with Crippen molar-refractivity contribution in [2.75, 3.05) is 19.6 Å². The van der Waals surface area contributed by atoms with Crippen LogP contribution in [-0.4, -0.2) is 33.0 Å². The van der Waals surface area contributed by atoms with E-state index in [4.69, 9.17) is 0 Å².